The van der Waals surface area contributed by atoms with E-state index in [1.54, 1.807) is 6.92 Å². The summed E-state index contributed by atoms with van der Waals surface area (Å²) in [4.78, 5) is 10.7. The first kappa shape index (κ1) is 17.9. The standard InChI is InChI=1S/C10H18ClNO7S/c1-10(5-19-8(4-14)12(10)11)2-7(20(17)18)9(16)6(15)3-13/h4,6-9,13,15-16H,2-3,5H2,1H3,(H,17,18). The Balaban J connectivity index is 2.86. The summed E-state index contributed by atoms with van der Waals surface area (Å²) in [5, 5.41) is 26.7. The van der Waals surface area contributed by atoms with Crippen LogP contribution in [0.2, 0.25) is 0 Å². The SMILES string of the molecule is CC1(CC(C(O)C(O)CO)S(=O)O)COC(C=O)N1Cl. The van der Waals surface area contributed by atoms with E-state index in [-0.39, 0.29) is 13.0 Å². The van der Waals surface area contributed by atoms with Crippen LogP contribution in [0.5, 0.6) is 0 Å². The topological polar surface area (TPSA) is 128 Å². The van der Waals surface area contributed by atoms with Crippen LogP contribution in [0.25, 0.3) is 0 Å². The van der Waals surface area contributed by atoms with Gasteiger partial charge < -0.3 is 24.6 Å². The molecule has 8 nitrogen and oxygen atoms in total. The number of rotatable bonds is 7. The van der Waals surface area contributed by atoms with E-state index in [4.69, 9.17) is 21.6 Å². The van der Waals surface area contributed by atoms with Crippen molar-refractivity contribution in [1.29, 1.82) is 0 Å². The number of aliphatic hydroxyl groups is 3. The molecule has 0 saturated carbocycles. The molecule has 0 bridgehead atoms. The van der Waals surface area contributed by atoms with Crippen LogP contribution in [0.4, 0.5) is 0 Å². The fourth-order valence-electron chi connectivity index (χ4n) is 2.04. The lowest BCUT2D eigenvalue weighted by atomic mass is 9.93. The van der Waals surface area contributed by atoms with Gasteiger partial charge in [0.1, 0.15) is 6.10 Å². The number of halogens is 1. The Hall–Kier alpha value is -0.130. The number of aldehydes is 1. The maximum Gasteiger partial charge on any atom is 0.180 e. The van der Waals surface area contributed by atoms with Gasteiger partial charge in [-0.1, -0.05) is 0 Å². The molecule has 10 heteroatoms. The maximum absolute atomic E-state index is 11.3. The second-order valence-electron chi connectivity index (χ2n) is 4.91. The molecular weight excluding hydrogens is 314 g/mol. The first-order chi connectivity index (χ1) is 9.26. The number of hydrogen-bond donors (Lipinski definition) is 4. The first-order valence-electron chi connectivity index (χ1n) is 5.85. The van der Waals surface area contributed by atoms with Gasteiger partial charge in [-0.3, -0.25) is 4.79 Å². The zero-order valence-electron chi connectivity index (χ0n) is 10.8. The Bertz CT molecular complexity index is 374. The second kappa shape index (κ2) is 7.23. The molecule has 1 saturated heterocycles. The van der Waals surface area contributed by atoms with Gasteiger partial charge in [-0.05, 0) is 25.1 Å². The number of nitrogens with zero attached hydrogens (tertiary/aromatic N) is 1. The van der Waals surface area contributed by atoms with Gasteiger partial charge in [0.15, 0.2) is 23.6 Å². The fourth-order valence-corrected chi connectivity index (χ4v) is 3.18. The van der Waals surface area contributed by atoms with Gasteiger partial charge in [-0.2, -0.15) is 4.42 Å². The summed E-state index contributed by atoms with van der Waals surface area (Å²) in [5.41, 5.74) is -0.966. The quantitative estimate of drug-likeness (QED) is 0.251. The van der Waals surface area contributed by atoms with Crippen molar-refractivity contribution in [2.75, 3.05) is 13.2 Å². The van der Waals surface area contributed by atoms with Gasteiger partial charge in [0.2, 0.25) is 0 Å². The van der Waals surface area contributed by atoms with E-state index in [9.17, 15) is 23.8 Å². The summed E-state index contributed by atoms with van der Waals surface area (Å²) >= 11 is 3.50. The lowest BCUT2D eigenvalue weighted by Crippen LogP contribution is -2.50. The van der Waals surface area contributed by atoms with Gasteiger partial charge in [-0.25, -0.2) is 4.21 Å². The summed E-state index contributed by atoms with van der Waals surface area (Å²) < 4.78 is 26.8. The summed E-state index contributed by atoms with van der Waals surface area (Å²) in [7, 11) is 0. The minimum atomic E-state index is -2.46. The average Bonchev–Trinajstić information content (AvgIpc) is 2.70. The molecule has 6 atom stereocenters. The van der Waals surface area contributed by atoms with E-state index in [0.717, 1.165) is 4.42 Å². The van der Waals surface area contributed by atoms with Crippen LogP contribution >= 0.6 is 11.8 Å². The van der Waals surface area contributed by atoms with Crippen molar-refractivity contribution in [3.63, 3.8) is 0 Å². The smallest absolute Gasteiger partial charge is 0.180 e. The molecule has 0 aliphatic carbocycles. The highest BCUT2D eigenvalue weighted by Crippen LogP contribution is 2.34. The maximum atomic E-state index is 11.3. The molecule has 118 valence electrons. The predicted octanol–water partition coefficient (Wildman–Crippen LogP) is -1.55. The third kappa shape index (κ3) is 3.74. The zero-order valence-corrected chi connectivity index (χ0v) is 12.3. The van der Waals surface area contributed by atoms with E-state index in [1.807, 2.05) is 0 Å². The van der Waals surface area contributed by atoms with Crippen LogP contribution in [-0.4, -0.2) is 77.2 Å². The molecule has 0 spiro atoms. The van der Waals surface area contributed by atoms with E-state index in [1.165, 1.54) is 0 Å². The number of ether oxygens (including phenoxy) is 1. The Morgan fingerprint density at radius 3 is 2.60 bits per heavy atom. The molecule has 1 aliphatic heterocycles. The fraction of sp³-hybridized carbons (Fsp3) is 0.900. The molecule has 1 aliphatic rings. The minimum Gasteiger partial charge on any atom is -0.394 e. The monoisotopic (exact) mass is 331 g/mol. The average molecular weight is 332 g/mol. The van der Waals surface area contributed by atoms with Gasteiger partial charge in [0, 0.05) is 0 Å². The van der Waals surface area contributed by atoms with Crippen molar-refractivity contribution in [2.24, 2.45) is 0 Å². The van der Waals surface area contributed by atoms with Gasteiger partial charge in [0.25, 0.3) is 0 Å². The van der Waals surface area contributed by atoms with Crippen LogP contribution in [-0.2, 0) is 20.6 Å². The van der Waals surface area contributed by atoms with Crippen LogP contribution in [0.3, 0.4) is 0 Å². The molecular formula is C10H18ClNO7S. The van der Waals surface area contributed by atoms with Gasteiger partial charge in [0.05, 0.1) is 30.1 Å². The zero-order chi connectivity index (χ0) is 15.5. The van der Waals surface area contributed by atoms with E-state index in [2.05, 4.69) is 0 Å². The van der Waals surface area contributed by atoms with Crippen LogP contribution < -0.4 is 0 Å². The molecule has 0 aromatic rings. The molecule has 0 aromatic heterocycles. The molecule has 20 heavy (non-hydrogen) atoms. The minimum absolute atomic E-state index is 0.0234. The third-order valence-corrected chi connectivity index (χ3v) is 4.85. The summed E-state index contributed by atoms with van der Waals surface area (Å²) in [5.74, 6) is 0. The molecule has 0 aromatic carbocycles. The van der Waals surface area contributed by atoms with E-state index < -0.39 is 46.9 Å². The van der Waals surface area contributed by atoms with Crippen LogP contribution in [0.1, 0.15) is 13.3 Å². The van der Waals surface area contributed by atoms with Crippen molar-refractivity contribution in [3.05, 3.63) is 0 Å². The number of hydrogen-bond acceptors (Lipinski definition) is 7. The normalized spacial score (nSPS) is 33.6. The number of aliphatic hydroxyl groups excluding tert-OH is 3. The third-order valence-electron chi connectivity index (χ3n) is 3.28. The molecule has 1 rings (SSSR count). The van der Waals surface area contributed by atoms with E-state index >= 15 is 0 Å². The van der Waals surface area contributed by atoms with Crippen LogP contribution in [0.15, 0.2) is 0 Å². The Morgan fingerprint density at radius 2 is 2.20 bits per heavy atom. The lowest BCUT2D eigenvalue weighted by Gasteiger charge is -2.33. The highest BCUT2D eigenvalue weighted by molar-refractivity contribution is 7.80. The van der Waals surface area contributed by atoms with Crippen molar-refractivity contribution < 1.29 is 33.6 Å². The first-order valence-corrected chi connectivity index (χ1v) is 7.36. The van der Waals surface area contributed by atoms with E-state index in [0.29, 0.717) is 6.29 Å². The van der Waals surface area contributed by atoms with Crippen molar-refractivity contribution in [2.45, 2.75) is 42.6 Å². The Morgan fingerprint density at radius 1 is 1.60 bits per heavy atom. The largest absolute Gasteiger partial charge is 0.394 e. The van der Waals surface area contributed by atoms with Crippen molar-refractivity contribution in [1.82, 2.24) is 4.42 Å². The second-order valence-corrected chi connectivity index (χ2v) is 6.43. The molecule has 1 heterocycles. The predicted molar refractivity (Wildman–Crippen MR) is 70.2 cm³/mol. The number of carbonyl (C=O) groups is 1. The van der Waals surface area contributed by atoms with Gasteiger partial charge in [-0.15, -0.1) is 0 Å². The molecule has 1 fully saturated rings. The summed E-state index contributed by atoms with van der Waals surface area (Å²) in [6.07, 6.45) is -3.75. The van der Waals surface area contributed by atoms with Crippen LogP contribution in [0, 0.1) is 0 Å². The van der Waals surface area contributed by atoms with Crippen molar-refractivity contribution >= 4 is 29.1 Å². The highest BCUT2D eigenvalue weighted by atomic mass is 35.5. The molecule has 0 radical (unpaired) electrons. The molecule has 6 unspecified atom stereocenters. The lowest BCUT2D eigenvalue weighted by molar-refractivity contribution is -0.119. The molecule has 4 N–H and O–H groups in total. The number of carbonyl (C=O) groups excluding carboxylic acids is 1. The Labute approximate surface area is 123 Å². The summed E-state index contributed by atoms with van der Waals surface area (Å²) in [6, 6.07) is 0. The highest BCUT2D eigenvalue weighted by Gasteiger charge is 2.47. The van der Waals surface area contributed by atoms with Gasteiger partial charge >= 0.3 is 0 Å². The molecule has 0 amide bonds. The summed E-state index contributed by atoms with van der Waals surface area (Å²) in [6.45, 7) is 0.876. The Kier molecular flexibility index (Phi) is 6.48. The van der Waals surface area contributed by atoms with Crippen molar-refractivity contribution in [3.8, 4) is 0 Å².